The maximum absolute atomic E-state index is 12.7. The lowest BCUT2D eigenvalue weighted by atomic mass is 10.1. The van der Waals surface area contributed by atoms with E-state index in [2.05, 4.69) is 5.32 Å². The lowest BCUT2D eigenvalue weighted by Crippen LogP contribution is -2.12. The highest BCUT2D eigenvalue weighted by atomic mass is 35.5. The molecule has 5 nitrogen and oxygen atoms in total. The van der Waals surface area contributed by atoms with Gasteiger partial charge in [-0.25, -0.2) is 0 Å². The van der Waals surface area contributed by atoms with E-state index in [9.17, 15) is 9.59 Å². The number of fused-ring (bicyclic) bond motifs is 1. The number of methoxy groups -OCH3 is 1. The standard InChI is InChI=1S/C18H14Cl2N2O3/c1-10(23)22-9-13(12-8-11(25-2)6-7-16(12)22)18(24)21-15-5-3-4-14(19)17(15)20/h3-9H,1-2H3,(H,21,24). The van der Waals surface area contributed by atoms with E-state index in [-0.39, 0.29) is 10.9 Å². The van der Waals surface area contributed by atoms with E-state index in [1.54, 1.807) is 36.4 Å². The Morgan fingerprint density at radius 2 is 1.92 bits per heavy atom. The Bertz CT molecular complexity index is 995. The summed E-state index contributed by atoms with van der Waals surface area (Å²) in [6, 6.07) is 10.1. The summed E-state index contributed by atoms with van der Waals surface area (Å²) in [7, 11) is 1.54. The molecular weight excluding hydrogens is 363 g/mol. The molecule has 7 heteroatoms. The summed E-state index contributed by atoms with van der Waals surface area (Å²) in [6.07, 6.45) is 1.50. The number of rotatable bonds is 3. The second kappa shape index (κ2) is 6.78. The van der Waals surface area contributed by atoms with Gasteiger partial charge in [0.05, 0.1) is 33.9 Å². The topological polar surface area (TPSA) is 60.3 Å². The number of ether oxygens (including phenoxy) is 1. The molecule has 1 amide bonds. The maximum Gasteiger partial charge on any atom is 0.257 e. The molecule has 2 aromatic carbocycles. The lowest BCUT2D eigenvalue weighted by Gasteiger charge is -2.07. The van der Waals surface area contributed by atoms with Gasteiger partial charge < -0.3 is 10.1 Å². The molecule has 1 aromatic heterocycles. The first-order valence-electron chi connectivity index (χ1n) is 7.37. The third-order valence-electron chi connectivity index (χ3n) is 3.80. The number of anilines is 1. The number of carbonyl (C=O) groups is 2. The third kappa shape index (κ3) is 3.21. The van der Waals surface area contributed by atoms with Gasteiger partial charge in [-0.1, -0.05) is 29.3 Å². The van der Waals surface area contributed by atoms with E-state index in [0.29, 0.717) is 32.9 Å². The molecule has 0 saturated heterocycles. The Hall–Kier alpha value is -2.50. The molecule has 0 aliphatic heterocycles. The summed E-state index contributed by atoms with van der Waals surface area (Å²) >= 11 is 12.1. The Balaban J connectivity index is 2.09. The van der Waals surface area contributed by atoms with Crippen molar-refractivity contribution in [1.29, 1.82) is 0 Å². The van der Waals surface area contributed by atoms with Crippen molar-refractivity contribution in [3.63, 3.8) is 0 Å². The number of amides is 1. The van der Waals surface area contributed by atoms with Gasteiger partial charge in [0.15, 0.2) is 0 Å². The number of aromatic nitrogens is 1. The fourth-order valence-electron chi connectivity index (χ4n) is 2.57. The second-order valence-electron chi connectivity index (χ2n) is 5.37. The van der Waals surface area contributed by atoms with Gasteiger partial charge in [0, 0.05) is 18.5 Å². The van der Waals surface area contributed by atoms with Crippen LogP contribution in [-0.2, 0) is 0 Å². The van der Waals surface area contributed by atoms with E-state index in [1.807, 2.05) is 0 Å². The van der Waals surface area contributed by atoms with Gasteiger partial charge in [0.25, 0.3) is 5.91 Å². The molecule has 0 bridgehead atoms. The van der Waals surface area contributed by atoms with Crippen molar-refractivity contribution in [1.82, 2.24) is 4.57 Å². The summed E-state index contributed by atoms with van der Waals surface area (Å²) in [5, 5.41) is 3.93. The summed E-state index contributed by atoms with van der Waals surface area (Å²) in [5.74, 6) is -0.0129. The molecule has 0 fully saturated rings. The van der Waals surface area contributed by atoms with Crippen molar-refractivity contribution in [2.24, 2.45) is 0 Å². The Morgan fingerprint density at radius 3 is 2.60 bits per heavy atom. The molecular formula is C18H14Cl2N2O3. The molecule has 25 heavy (non-hydrogen) atoms. The smallest absolute Gasteiger partial charge is 0.257 e. The van der Waals surface area contributed by atoms with E-state index >= 15 is 0 Å². The Labute approximate surface area is 154 Å². The minimum atomic E-state index is -0.401. The zero-order valence-electron chi connectivity index (χ0n) is 13.5. The largest absolute Gasteiger partial charge is 0.497 e. The van der Waals surface area contributed by atoms with Crippen molar-refractivity contribution >= 4 is 51.6 Å². The molecule has 3 aromatic rings. The molecule has 3 rings (SSSR count). The van der Waals surface area contributed by atoms with E-state index in [4.69, 9.17) is 27.9 Å². The van der Waals surface area contributed by atoms with Crippen LogP contribution in [0.5, 0.6) is 5.75 Å². The van der Waals surface area contributed by atoms with Crippen LogP contribution < -0.4 is 10.1 Å². The molecule has 0 unspecified atom stereocenters. The summed E-state index contributed by atoms with van der Waals surface area (Å²) in [6.45, 7) is 1.43. The average molecular weight is 377 g/mol. The quantitative estimate of drug-likeness (QED) is 0.709. The molecule has 0 atom stereocenters. The van der Waals surface area contributed by atoms with Crippen molar-refractivity contribution in [3.8, 4) is 5.75 Å². The first-order valence-corrected chi connectivity index (χ1v) is 8.13. The second-order valence-corrected chi connectivity index (χ2v) is 6.16. The van der Waals surface area contributed by atoms with Gasteiger partial charge >= 0.3 is 0 Å². The summed E-state index contributed by atoms with van der Waals surface area (Å²) in [4.78, 5) is 24.6. The number of nitrogens with zero attached hydrogens (tertiary/aromatic N) is 1. The molecule has 0 aliphatic rings. The Morgan fingerprint density at radius 1 is 1.16 bits per heavy atom. The Kier molecular flexibility index (Phi) is 4.70. The van der Waals surface area contributed by atoms with Crippen molar-refractivity contribution in [3.05, 3.63) is 58.2 Å². The number of hydrogen-bond donors (Lipinski definition) is 1. The third-order valence-corrected chi connectivity index (χ3v) is 4.61. The minimum Gasteiger partial charge on any atom is -0.497 e. The maximum atomic E-state index is 12.7. The normalized spacial score (nSPS) is 10.7. The predicted octanol–water partition coefficient (Wildman–Crippen LogP) is 4.87. The molecule has 0 spiro atoms. The number of halogens is 2. The van der Waals surface area contributed by atoms with Gasteiger partial charge in [-0.2, -0.15) is 0 Å². The van der Waals surface area contributed by atoms with Crippen LogP contribution in [-0.4, -0.2) is 23.5 Å². The van der Waals surface area contributed by atoms with Gasteiger partial charge in [0.1, 0.15) is 5.75 Å². The molecule has 1 N–H and O–H groups in total. The first kappa shape index (κ1) is 17.3. The van der Waals surface area contributed by atoms with Crippen LogP contribution in [0.2, 0.25) is 10.0 Å². The SMILES string of the molecule is COc1ccc2c(c1)c(C(=O)Nc1cccc(Cl)c1Cl)cn2C(C)=O. The van der Waals surface area contributed by atoms with Crippen LogP contribution in [0.1, 0.15) is 22.1 Å². The van der Waals surface area contributed by atoms with Gasteiger partial charge in [-0.05, 0) is 30.3 Å². The van der Waals surface area contributed by atoms with Crippen LogP contribution in [0, 0.1) is 0 Å². The fourth-order valence-corrected chi connectivity index (χ4v) is 2.92. The number of carbonyl (C=O) groups excluding carboxylic acids is 2. The lowest BCUT2D eigenvalue weighted by molar-refractivity contribution is 0.0941. The van der Waals surface area contributed by atoms with Crippen LogP contribution in [0.4, 0.5) is 5.69 Å². The van der Waals surface area contributed by atoms with Gasteiger partial charge in [-0.3, -0.25) is 14.2 Å². The van der Waals surface area contributed by atoms with Crippen LogP contribution in [0.3, 0.4) is 0 Å². The molecule has 1 heterocycles. The van der Waals surface area contributed by atoms with Crippen LogP contribution in [0.25, 0.3) is 10.9 Å². The van der Waals surface area contributed by atoms with Crippen LogP contribution >= 0.6 is 23.2 Å². The van der Waals surface area contributed by atoms with E-state index < -0.39 is 5.91 Å². The summed E-state index contributed by atoms with van der Waals surface area (Å²) < 4.78 is 6.64. The first-order chi connectivity index (χ1) is 11.9. The highest BCUT2D eigenvalue weighted by Gasteiger charge is 2.19. The molecule has 0 aliphatic carbocycles. The molecule has 128 valence electrons. The average Bonchev–Trinajstić information content (AvgIpc) is 2.98. The fraction of sp³-hybridized carbons (Fsp3) is 0.111. The van der Waals surface area contributed by atoms with Gasteiger partial charge in [0.2, 0.25) is 5.91 Å². The summed E-state index contributed by atoms with van der Waals surface area (Å²) in [5.41, 5.74) is 1.35. The number of benzene rings is 2. The van der Waals surface area contributed by atoms with Crippen molar-refractivity contribution in [2.45, 2.75) is 6.92 Å². The van der Waals surface area contributed by atoms with E-state index in [1.165, 1.54) is 24.8 Å². The van der Waals surface area contributed by atoms with Crippen molar-refractivity contribution in [2.75, 3.05) is 12.4 Å². The molecule has 0 saturated carbocycles. The number of hydrogen-bond acceptors (Lipinski definition) is 3. The number of nitrogens with one attached hydrogen (secondary N) is 1. The van der Waals surface area contributed by atoms with Gasteiger partial charge in [-0.15, -0.1) is 0 Å². The van der Waals surface area contributed by atoms with Crippen LogP contribution in [0.15, 0.2) is 42.6 Å². The highest BCUT2D eigenvalue weighted by Crippen LogP contribution is 2.31. The predicted molar refractivity (Wildman–Crippen MR) is 99.2 cm³/mol. The minimum absolute atomic E-state index is 0.199. The highest BCUT2D eigenvalue weighted by molar-refractivity contribution is 6.44. The zero-order valence-corrected chi connectivity index (χ0v) is 15.0. The van der Waals surface area contributed by atoms with E-state index in [0.717, 1.165) is 0 Å². The molecule has 0 radical (unpaired) electrons. The monoisotopic (exact) mass is 376 g/mol. The van der Waals surface area contributed by atoms with Crippen molar-refractivity contribution < 1.29 is 14.3 Å². The zero-order chi connectivity index (χ0) is 18.1.